The molecule has 16 heavy (non-hydrogen) atoms. The van der Waals surface area contributed by atoms with Crippen molar-refractivity contribution in [3.8, 4) is 0 Å². The summed E-state index contributed by atoms with van der Waals surface area (Å²) < 4.78 is 5.91. The number of rotatable bonds is 4. The first-order chi connectivity index (χ1) is 7.86. The zero-order valence-corrected chi connectivity index (χ0v) is 10.2. The highest BCUT2D eigenvalue weighted by Gasteiger charge is 2.29. The summed E-state index contributed by atoms with van der Waals surface area (Å²) in [6.07, 6.45) is 2.55. The number of benzene rings is 1. The third kappa shape index (κ3) is 2.28. The quantitative estimate of drug-likeness (QED) is 0.840. The van der Waals surface area contributed by atoms with Gasteiger partial charge in [-0.1, -0.05) is 31.2 Å². The Hall–Kier alpha value is -0.860. The van der Waals surface area contributed by atoms with Crippen LogP contribution < -0.4 is 5.32 Å². The third-order valence-electron chi connectivity index (χ3n) is 3.42. The first-order valence-electron chi connectivity index (χ1n) is 6.20. The highest BCUT2D eigenvalue weighted by Crippen LogP contribution is 2.35. The van der Waals surface area contributed by atoms with Gasteiger partial charge in [-0.15, -0.1) is 0 Å². The van der Waals surface area contributed by atoms with Crippen LogP contribution in [0.1, 0.15) is 30.6 Å². The molecule has 2 unspecified atom stereocenters. The molecule has 1 heterocycles. The number of ether oxygens (including phenoxy) is 1. The zero-order chi connectivity index (χ0) is 11.4. The fourth-order valence-corrected chi connectivity index (χ4v) is 2.58. The molecule has 0 aromatic heterocycles. The molecule has 0 saturated carbocycles. The van der Waals surface area contributed by atoms with Crippen LogP contribution in [0.15, 0.2) is 24.3 Å². The molecule has 1 fully saturated rings. The highest BCUT2D eigenvalue weighted by atomic mass is 16.5. The van der Waals surface area contributed by atoms with E-state index in [-0.39, 0.29) is 0 Å². The maximum Gasteiger partial charge on any atom is 0.0868 e. The molecule has 0 bridgehead atoms. The van der Waals surface area contributed by atoms with E-state index in [9.17, 15) is 0 Å². The molecular weight excluding hydrogens is 198 g/mol. The van der Waals surface area contributed by atoms with Crippen molar-refractivity contribution in [1.82, 2.24) is 5.32 Å². The van der Waals surface area contributed by atoms with Crippen LogP contribution in [0.3, 0.4) is 0 Å². The summed E-state index contributed by atoms with van der Waals surface area (Å²) in [4.78, 5) is 0. The maximum absolute atomic E-state index is 5.91. The third-order valence-corrected chi connectivity index (χ3v) is 3.42. The van der Waals surface area contributed by atoms with E-state index >= 15 is 0 Å². The number of nitrogens with one attached hydrogen (secondary N) is 1. The largest absolute Gasteiger partial charge is 0.373 e. The van der Waals surface area contributed by atoms with Gasteiger partial charge in [0.2, 0.25) is 0 Å². The summed E-state index contributed by atoms with van der Waals surface area (Å²) in [5.41, 5.74) is 2.82. The SMILES string of the molecule is CCc1ccccc1C1OCCC1CNC. The van der Waals surface area contributed by atoms with Crippen LogP contribution in [-0.2, 0) is 11.2 Å². The van der Waals surface area contributed by atoms with Crippen molar-refractivity contribution in [2.45, 2.75) is 25.9 Å². The molecule has 2 nitrogen and oxygen atoms in total. The van der Waals surface area contributed by atoms with Gasteiger partial charge in [0.25, 0.3) is 0 Å². The van der Waals surface area contributed by atoms with Gasteiger partial charge in [0, 0.05) is 19.1 Å². The van der Waals surface area contributed by atoms with Crippen molar-refractivity contribution in [3.63, 3.8) is 0 Å². The Morgan fingerprint density at radius 3 is 2.94 bits per heavy atom. The van der Waals surface area contributed by atoms with Gasteiger partial charge >= 0.3 is 0 Å². The van der Waals surface area contributed by atoms with Gasteiger partial charge in [-0.3, -0.25) is 0 Å². The molecule has 1 aliphatic rings. The average molecular weight is 219 g/mol. The van der Waals surface area contributed by atoms with Crippen LogP contribution in [0.5, 0.6) is 0 Å². The lowest BCUT2D eigenvalue weighted by atomic mass is 9.91. The van der Waals surface area contributed by atoms with Gasteiger partial charge in [-0.05, 0) is 31.0 Å². The first kappa shape index (κ1) is 11.6. The molecule has 1 N–H and O–H groups in total. The number of aryl methyl sites for hydroxylation is 1. The summed E-state index contributed by atoms with van der Waals surface area (Å²) >= 11 is 0. The second-order valence-electron chi connectivity index (χ2n) is 4.45. The highest BCUT2D eigenvalue weighted by molar-refractivity contribution is 5.30. The predicted octanol–water partition coefficient (Wildman–Crippen LogP) is 2.55. The van der Waals surface area contributed by atoms with E-state index < -0.39 is 0 Å². The minimum atomic E-state index is 0.295. The van der Waals surface area contributed by atoms with Crippen LogP contribution >= 0.6 is 0 Å². The van der Waals surface area contributed by atoms with Crippen LogP contribution in [0, 0.1) is 5.92 Å². The van der Waals surface area contributed by atoms with E-state index in [2.05, 4.69) is 36.5 Å². The van der Waals surface area contributed by atoms with Crippen molar-refractivity contribution in [2.24, 2.45) is 5.92 Å². The molecule has 0 aliphatic carbocycles. The van der Waals surface area contributed by atoms with Crippen molar-refractivity contribution >= 4 is 0 Å². The molecule has 2 atom stereocenters. The minimum absolute atomic E-state index is 0.295. The average Bonchev–Trinajstić information content (AvgIpc) is 2.77. The second kappa shape index (κ2) is 5.46. The molecule has 0 radical (unpaired) electrons. The summed E-state index contributed by atoms with van der Waals surface area (Å²) in [6, 6.07) is 8.67. The molecule has 88 valence electrons. The first-order valence-corrected chi connectivity index (χ1v) is 6.20. The molecule has 2 rings (SSSR count). The Morgan fingerprint density at radius 2 is 2.19 bits per heavy atom. The van der Waals surface area contributed by atoms with E-state index in [1.165, 1.54) is 17.5 Å². The van der Waals surface area contributed by atoms with Crippen LogP contribution in [0.2, 0.25) is 0 Å². The molecule has 2 heteroatoms. The van der Waals surface area contributed by atoms with E-state index in [4.69, 9.17) is 4.74 Å². The summed E-state index contributed by atoms with van der Waals surface area (Å²) in [5, 5.41) is 3.27. The molecule has 0 spiro atoms. The van der Waals surface area contributed by atoms with E-state index in [1.54, 1.807) is 0 Å². The molecule has 0 amide bonds. The summed E-state index contributed by atoms with van der Waals surface area (Å²) in [5.74, 6) is 0.623. The molecular formula is C14H21NO. The van der Waals surface area contributed by atoms with Crippen LogP contribution in [-0.4, -0.2) is 20.2 Å². The lowest BCUT2D eigenvalue weighted by Gasteiger charge is -2.21. The Morgan fingerprint density at radius 1 is 1.38 bits per heavy atom. The molecule has 1 aromatic rings. The fraction of sp³-hybridized carbons (Fsp3) is 0.571. The van der Waals surface area contributed by atoms with Crippen LogP contribution in [0.4, 0.5) is 0 Å². The fourth-order valence-electron chi connectivity index (χ4n) is 2.58. The Balaban J connectivity index is 2.21. The van der Waals surface area contributed by atoms with Crippen molar-refractivity contribution < 1.29 is 4.74 Å². The van der Waals surface area contributed by atoms with E-state index in [1.807, 2.05) is 7.05 Å². The minimum Gasteiger partial charge on any atom is -0.373 e. The summed E-state index contributed by atoms with van der Waals surface area (Å²) in [6.45, 7) is 4.15. The van der Waals surface area contributed by atoms with E-state index in [0.29, 0.717) is 12.0 Å². The Bertz CT molecular complexity index is 337. The topological polar surface area (TPSA) is 21.3 Å². The normalized spacial score (nSPS) is 24.9. The molecule has 1 saturated heterocycles. The number of hydrogen-bond donors (Lipinski definition) is 1. The monoisotopic (exact) mass is 219 g/mol. The standard InChI is InChI=1S/C14H21NO/c1-3-11-6-4-5-7-13(11)14-12(10-15-2)8-9-16-14/h4-7,12,14-15H,3,8-10H2,1-2H3. The smallest absolute Gasteiger partial charge is 0.0868 e. The summed E-state index contributed by atoms with van der Waals surface area (Å²) in [7, 11) is 2.01. The lowest BCUT2D eigenvalue weighted by Crippen LogP contribution is -2.22. The van der Waals surface area contributed by atoms with Gasteiger partial charge in [0.1, 0.15) is 0 Å². The van der Waals surface area contributed by atoms with Gasteiger partial charge in [-0.2, -0.15) is 0 Å². The lowest BCUT2D eigenvalue weighted by molar-refractivity contribution is 0.0903. The van der Waals surface area contributed by atoms with Gasteiger partial charge in [-0.25, -0.2) is 0 Å². The Labute approximate surface area is 98.0 Å². The van der Waals surface area contributed by atoms with Crippen molar-refractivity contribution in [3.05, 3.63) is 35.4 Å². The van der Waals surface area contributed by atoms with Crippen LogP contribution in [0.25, 0.3) is 0 Å². The van der Waals surface area contributed by atoms with Crippen molar-refractivity contribution in [2.75, 3.05) is 20.2 Å². The second-order valence-corrected chi connectivity index (χ2v) is 4.45. The zero-order valence-electron chi connectivity index (χ0n) is 10.2. The van der Waals surface area contributed by atoms with Gasteiger partial charge in [0.15, 0.2) is 0 Å². The van der Waals surface area contributed by atoms with Gasteiger partial charge < -0.3 is 10.1 Å². The predicted molar refractivity (Wildman–Crippen MR) is 66.5 cm³/mol. The Kier molecular flexibility index (Phi) is 3.97. The van der Waals surface area contributed by atoms with E-state index in [0.717, 1.165) is 19.6 Å². The molecule has 1 aliphatic heterocycles. The van der Waals surface area contributed by atoms with Crippen molar-refractivity contribution in [1.29, 1.82) is 0 Å². The number of hydrogen-bond acceptors (Lipinski definition) is 2. The maximum atomic E-state index is 5.91. The molecule has 1 aromatic carbocycles. The van der Waals surface area contributed by atoms with Gasteiger partial charge in [0.05, 0.1) is 6.10 Å².